The van der Waals surface area contributed by atoms with Crippen molar-refractivity contribution < 1.29 is 19.1 Å². The smallest absolute Gasteiger partial charge is 0.311 e. The Morgan fingerprint density at radius 1 is 0.920 bits per heavy atom. The normalized spacial score (nSPS) is 11.2. The Morgan fingerprint density at radius 2 is 1.56 bits per heavy atom. The molecule has 1 rings (SSSR count). The van der Waals surface area contributed by atoms with E-state index in [4.69, 9.17) is 9.47 Å². The van der Waals surface area contributed by atoms with Crippen molar-refractivity contribution in [1.82, 2.24) is 0 Å². The Morgan fingerprint density at radius 3 is 2.24 bits per heavy atom. The standard InChI is InChI=1S/C21H32O4/c1-5-6-7-8-11-16-24-19(22)14-15-20(23)25-18-13-10-9-12-17(18)21(2,3)4/h9-10,12-13H,5-8,11,14-16H2,1-4H3. The molecule has 0 spiro atoms. The molecule has 0 bridgehead atoms. The maximum Gasteiger partial charge on any atom is 0.311 e. The van der Waals surface area contributed by atoms with Gasteiger partial charge in [-0.2, -0.15) is 0 Å². The van der Waals surface area contributed by atoms with Gasteiger partial charge in [0.2, 0.25) is 0 Å². The Hall–Kier alpha value is -1.84. The van der Waals surface area contributed by atoms with E-state index in [2.05, 4.69) is 27.7 Å². The molecule has 0 saturated carbocycles. The number of benzene rings is 1. The van der Waals surface area contributed by atoms with Crippen molar-refractivity contribution in [1.29, 1.82) is 0 Å². The van der Waals surface area contributed by atoms with E-state index < -0.39 is 5.97 Å². The monoisotopic (exact) mass is 348 g/mol. The van der Waals surface area contributed by atoms with Crippen molar-refractivity contribution >= 4 is 11.9 Å². The van der Waals surface area contributed by atoms with Crippen molar-refractivity contribution in [3.8, 4) is 5.75 Å². The van der Waals surface area contributed by atoms with Crippen LogP contribution >= 0.6 is 0 Å². The molecule has 1 aromatic rings. The van der Waals surface area contributed by atoms with Gasteiger partial charge in [0.25, 0.3) is 0 Å². The third-order valence-electron chi connectivity index (χ3n) is 3.96. The zero-order chi connectivity index (χ0) is 18.7. The predicted molar refractivity (Wildman–Crippen MR) is 99.7 cm³/mol. The van der Waals surface area contributed by atoms with Crippen LogP contribution in [0, 0.1) is 0 Å². The highest BCUT2D eigenvalue weighted by Crippen LogP contribution is 2.31. The van der Waals surface area contributed by atoms with Crippen LogP contribution < -0.4 is 4.74 Å². The molecular weight excluding hydrogens is 316 g/mol. The Kier molecular flexibility index (Phi) is 9.25. The Labute approximate surface area is 151 Å². The van der Waals surface area contributed by atoms with Crippen LogP contribution in [0.2, 0.25) is 0 Å². The molecule has 0 unspecified atom stereocenters. The lowest BCUT2D eigenvalue weighted by Crippen LogP contribution is -2.17. The van der Waals surface area contributed by atoms with E-state index in [-0.39, 0.29) is 24.2 Å². The fourth-order valence-electron chi connectivity index (χ4n) is 2.52. The summed E-state index contributed by atoms with van der Waals surface area (Å²) < 4.78 is 10.6. The summed E-state index contributed by atoms with van der Waals surface area (Å²) in [5, 5.41) is 0. The van der Waals surface area contributed by atoms with Gasteiger partial charge in [0, 0.05) is 5.56 Å². The number of carbonyl (C=O) groups excluding carboxylic acids is 2. The van der Waals surface area contributed by atoms with E-state index in [0.29, 0.717) is 12.4 Å². The van der Waals surface area contributed by atoms with Gasteiger partial charge in [0.05, 0.1) is 19.4 Å². The minimum atomic E-state index is -0.406. The first-order valence-corrected chi connectivity index (χ1v) is 9.30. The van der Waals surface area contributed by atoms with Crippen molar-refractivity contribution in [3.63, 3.8) is 0 Å². The maximum absolute atomic E-state index is 12.0. The summed E-state index contributed by atoms with van der Waals surface area (Å²) in [7, 11) is 0. The molecule has 0 radical (unpaired) electrons. The molecule has 0 saturated heterocycles. The van der Waals surface area contributed by atoms with Crippen LogP contribution in [0.15, 0.2) is 24.3 Å². The van der Waals surface area contributed by atoms with Gasteiger partial charge in [0.15, 0.2) is 0 Å². The predicted octanol–water partition coefficient (Wildman–Crippen LogP) is 5.18. The molecule has 0 heterocycles. The highest BCUT2D eigenvalue weighted by molar-refractivity contribution is 5.79. The molecule has 0 aromatic heterocycles. The molecule has 0 amide bonds. The zero-order valence-electron chi connectivity index (χ0n) is 16.1. The summed E-state index contributed by atoms with van der Waals surface area (Å²) in [5.74, 6) is -0.183. The van der Waals surface area contributed by atoms with Crippen LogP contribution in [0.5, 0.6) is 5.75 Å². The van der Waals surface area contributed by atoms with E-state index >= 15 is 0 Å². The zero-order valence-corrected chi connectivity index (χ0v) is 16.1. The number of unbranched alkanes of at least 4 members (excludes halogenated alkanes) is 4. The van der Waals surface area contributed by atoms with E-state index in [1.54, 1.807) is 6.07 Å². The highest BCUT2D eigenvalue weighted by atomic mass is 16.5. The van der Waals surface area contributed by atoms with E-state index in [1.807, 2.05) is 18.2 Å². The molecule has 0 aliphatic carbocycles. The molecule has 1 aromatic carbocycles. The summed E-state index contributed by atoms with van der Waals surface area (Å²) >= 11 is 0. The number of rotatable bonds is 10. The number of hydrogen-bond donors (Lipinski definition) is 0. The number of hydrogen-bond acceptors (Lipinski definition) is 4. The van der Waals surface area contributed by atoms with E-state index in [1.165, 1.54) is 19.3 Å². The van der Waals surface area contributed by atoms with Gasteiger partial charge in [-0.15, -0.1) is 0 Å². The number of ether oxygens (including phenoxy) is 2. The summed E-state index contributed by atoms with van der Waals surface area (Å²) in [6, 6.07) is 7.50. The SMILES string of the molecule is CCCCCCCOC(=O)CCC(=O)Oc1ccccc1C(C)(C)C. The summed E-state index contributed by atoms with van der Waals surface area (Å²) in [5.41, 5.74) is 0.853. The minimum Gasteiger partial charge on any atom is -0.466 e. The molecule has 0 atom stereocenters. The average molecular weight is 348 g/mol. The summed E-state index contributed by atoms with van der Waals surface area (Å²) in [6.45, 7) is 8.80. The van der Waals surface area contributed by atoms with Crippen molar-refractivity contribution in [3.05, 3.63) is 29.8 Å². The second-order valence-electron chi connectivity index (χ2n) is 7.35. The number of esters is 2. The van der Waals surface area contributed by atoms with Crippen molar-refractivity contribution in [2.24, 2.45) is 0 Å². The lowest BCUT2D eigenvalue weighted by molar-refractivity contribution is -0.147. The molecular formula is C21H32O4. The van der Waals surface area contributed by atoms with Gasteiger partial charge in [-0.3, -0.25) is 9.59 Å². The maximum atomic E-state index is 12.0. The summed E-state index contributed by atoms with van der Waals surface area (Å²) in [6.07, 6.45) is 5.64. The van der Waals surface area contributed by atoms with Crippen LogP contribution in [-0.4, -0.2) is 18.5 Å². The van der Waals surface area contributed by atoms with Gasteiger partial charge in [-0.25, -0.2) is 0 Å². The lowest BCUT2D eigenvalue weighted by Gasteiger charge is -2.22. The molecule has 0 N–H and O–H groups in total. The first kappa shape index (κ1) is 21.2. The first-order chi connectivity index (χ1) is 11.8. The van der Waals surface area contributed by atoms with Crippen LogP contribution in [0.25, 0.3) is 0 Å². The largest absolute Gasteiger partial charge is 0.466 e. The van der Waals surface area contributed by atoms with Gasteiger partial charge in [0.1, 0.15) is 5.75 Å². The Balaban J connectivity index is 2.33. The van der Waals surface area contributed by atoms with Crippen molar-refractivity contribution in [2.75, 3.05) is 6.61 Å². The van der Waals surface area contributed by atoms with Gasteiger partial charge >= 0.3 is 11.9 Å². The second kappa shape index (κ2) is 10.9. The van der Waals surface area contributed by atoms with Crippen LogP contribution in [0.1, 0.15) is 78.2 Å². The third-order valence-corrected chi connectivity index (χ3v) is 3.96. The van der Waals surface area contributed by atoms with Crippen LogP contribution in [-0.2, 0) is 19.7 Å². The lowest BCUT2D eigenvalue weighted by atomic mass is 9.86. The highest BCUT2D eigenvalue weighted by Gasteiger charge is 2.20. The topological polar surface area (TPSA) is 52.6 Å². The van der Waals surface area contributed by atoms with Gasteiger partial charge < -0.3 is 9.47 Å². The Bertz CT molecular complexity index is 543. The van der Waals surface area contributed by atoms with E-state index in [0.717, 1.165) is 18.4 Å². The number of para-hydroxylation sites is 1. The molecule has 4 heteroatoms. The fraction of sp³-hybridized carbons (Fsp3) is 0.619. The fourth-order valence-corrected chi connectivity index (χ4v) is 2.52. The second-order valence-corrected chi connectivity index (χ2v) is 7.35. The molecule has 0 aliphatic heterocycles. The molecule has 4 nitrogen and oxygen atoms in total. The van der Waals surface area contributed by atoms with Crippen LogP contribution in [0.3, 0.4) is 0 Å². The van der Waals surface area contributed by atoms with Gasteiger partial charge in [-0.1, -0.05) is 71.6 Å². The molecule has 0 aliphatic rings. The van der Waals surface area contributed by atoms with E-state index in [9.17, 15) is 9.59 Å². The first-order valence-electron chi connectivity index (χ1n) is 9.30. The summed E-state index contributed by atoms with van der Waals surface area (Å²) in [4.78, 5) is 23.7. The minimum absolute atomic E-state index is 0.0349. The number of carbonyl (C=O) groups is 2. The van der Waals surface area contributed by atoms with Gasteiger partial charge in [-0.05, 0) is 17.9 Å². The average Bonchev–Trinajstić information content (AvgIpc) is 2.55. The quantitative estimate of drug-likeness (QED) is 0.332. The van der Waals surface area contributed by atoms with Crippen LogP contribution in [0.4, 0.5) is 0 Å². The third kappa shape index (κ3) is 8.71. The molecule has 140 valence electrons. The molecule has 0 fully saturated rings. The molecule has 25 heavy (non-hydrogen) atoms. The van der Waals surface area contributed by atoms with Crippen molar-refractivity contribution in [2.45, 2.75) is 78.1 Å².